The van der Waals surface area contributed by atoms with Crippen molar-refractivity contribution in [2.45, 2.75) is 0 Å². The van der Waals surface area contributed by atoms with Gasteiger partial charge in [-0.15, -0.1) is 0 Å². The summed E-state index contributed by atoms with van der Waals surface area (Å²) in [6.07, 6.45) is 0. The summed E-state index contributed by atoms with van der Waals surface area (Å²) in [5, 5.41) is 8.14. The molecule has 224 valence electrons. The van der Waals surface area contributed by atoms with Crippen LogP contribution in [0.15, 0.2) is 179 Å². The topological polar surface area (TPSA) is 26.3 Å². The van der Waals surface area contributed by atoms with E-state index in [0.29, 0.717) is 0 Å². The second-order valence-corrected chi connectivity index (χ2v) is 12.4. The van der Waals surface area contributed by atoms with E-state index in [9.17, 15) is 0 Å². The zero-order valence-corrected chi connectivity index (χ0v) is 26.0. The van der Waals surface area contributed by atoms with E-state index in [0.717, 1.165) is 55.4 Å². The Kier molecular flexibility index (Phi) is 5.91. The van der Waals surface area contributed by atoms with Gasteiger partial charge in [0.1, 0.15) is 22.5 Å². The maximum atomic E-state index is 6.91. The molecule has 0 radical (unpaired) electrons. The van der Waals surface area contributed by atoms with E-state index in [1.54, 1.807) is 0 Å². The van der Waals surface area contributed by atoms with Gasteiger partial charge in [0.15, 0.2) is 0 Å². The van der Waals surface area contributed by atoms with Crippen molar-refractivity contribution in [3.8, 4) is 44.7 Å². The normalized spacial score (nSPS) is 11.8. The fraction of sp³-hybridized carbons (Fsp3) is 0. The minimum Gasteiger partial charge on any atom is -0.456 e. The number of furan rings is 2. The Morgan fingerprint density at radius 3 is 1.31 bits per heavy atom. The maximum absolute atomic E-state index is 6.91. The molecule has 0 aliphatic rings. The standard InChI is InChI=1S/C46H28O2/c1-3-13-29(14-4-1)41-33-17-7-9-19-35(33)42(36-20-10-8-18-34(36)41)31-23-25-32(26-24-31)45-43(30-15-5-2-6-16-30)38-27-28-40-44(46(38)48-45)37-21-11-12-22-39(37)47-40/h1-28H. The third kappa shape index (κ3) is 4.00. The largest absolute Gasteiger partial charge is 0.456 e. The van der Waals surface area contributed by atoms with Crippen LogP contribution in [-0.2, 0) is 0 Å². The third-order valence-electron chi connectivity index (χ3n) is 9.69. The predicted molar refractivity (Wildman–Crippen MR) is 200 cm³/mol. The molecule has 0 bridgehead atoms. The lowest BCUT2D eigenvalue weighted by Gasteiger charge is -2.17. The fourth-order valence-electron chi connectivity index (χ4n) is 7.60. The highest BCUT2D eigenvalue weighted by molar-refractivity contribution is 6.22. The molecular formula is C46H28O2. The van der Waals surface area contributed by atoms with Crippen LogP contribution in [0.5, 0.6) is 0 Å². The molecule has 0 saturated heterocycles. The van der Waals surface area contributed by atoms with Gasteiger partial charge in [-0.05, 0) is 67.6 Å². The molecule has 0 spiro atoms. The lowest BCUT2D eigenvalue weighted by Crippen LogP contribution is -1.90. The number of rotatable bonds is 4. The van der Waals surface area contributed by atoms with Crippen LogP contribution < -0.4 is 0 Å². The molecular weight excluding hydrogens is 585 g/mol. The molecule has 0 atom stereocenters. The molecule has 0 aliphatic heterocycles. The van der Waals surface area contributed by atoms with Crippen LogP contribution in [0.25, 0.3) is 99.2 Å². The van der Waals surface area contributed by atoms with Gasteiger partial charge in [-0.25, -0.2) is 0 Å². The number of hydrogen-bond donors (Lipinski definition) is 0. The second kappa shape index (κ2) is 10.6. The Labute approximate surface area is 277 Å². The first-order valence-corrected chi connectivity index (χ1v) is 16.4. The minimum atomic E-state index is 0.830. The average Bonchev–Trinajstić information content (AvgIpc) is 3.73. The smallest absolute Gasteiger partial charge is 0.147 e. The second-order valence-electron chi connectivity index (χ2n) is 12.4. The van der Waals surface area contributed by atoms with Gasteiger partial charge in [0.05, 0.1) is 5.39 Å². The zero-order valence-electron chi connectivity index (χ0n) is 26.0. The van der Waals surface area contributed by atoms with Gasteiger partial charge in [-0.2, -0.15) is 0 Å². The van der Waals surface area contributed by atoms with E-state index < -0.39 is 0 Å². The molecule has 0 fully saturated rings. The molecule has 10 aromatic rings. The summed E-state index contributed by atoms with van der Waals surface area (Å²) in [6.45, 7) is 0. The van der Waals surface area contributed by atoms with Crippen molar-refractivity contribution in [1.82, 2.24) is 0 Å². The van der Waals surface area contributed by atoms with Crippen LogP contribution in [0.4, 0.5) is 0 Å². The molecule has 0 saturated carbocycles. The van der Waals surface area contributed by atoms with E-state index >= 15 is 0 Å². The SMILES string of the molecule is c1ccc(-c2c3ccccc3c(-c3ccc(-c4oc5c(ccc6oc7ccccc7c65)c4-c4ccccc4)cc3)c3ccccc23)cc1. The monoisotopic (exact) mass is 612 g/mol. The van der Waals surface area contributed by atoms with Gasteiger partial charge in [0.2, 0.25) is 0 Å². The van der Waals surface area contributed by atoms with Gasteiger partial charge in [0, 0.05) is 21.9 Å². The highest BCUT2D eigenvalue weighted by Crippen LogP contribution is 2.47. The third-order valence-corrected chi connectivity index (χ3v) is 9.69. The number of fused-ring (bicyclic) bond motifs is 7. The Balaban J connectivity index is 1.20. The molecule has 0 unspecified atom stereocenters. The van der Waals surface area contributed by atoms with Crippen LogP contribution in [-0.4, -0.2) is 0 Å². The molecule has 2 heterocycles. The molecule has 0 amide bonds. The fourth-order valence-corrected chi connectivity index (χ4v) is 7.60. The summed E-state index contributed by atoms with van der Waals surface area (Å²) >= 11 is 0. The zero-order chi connectivity index (χ0) is 31.6. The number of hydrogen-bond acceptors (Lipinski definition) is 2. The Morgan fingerprint density at radius 1 is 0.271 bits per heavy atom. The molecule has 2 aromatic heterocycles. The summed E-state index contributed by atoms with van der Waals surface area (Å²) in [5.74, 6) is 0.856. The molecule has 10 rings (SSSR count). The van der Waals surface area contributed by atoms with Crippen molar-refractivity contribution in [2.75, 3.05) is 0 Å². The van der Waals surface area contributed by atoms with E-state index in [-0.39, 0.29) is 0 Å². The van der Waals surface area contributed by atoms with E-state index in [2.05, 4.69) is 158 Å². The van der Waals surface area contributed by atoms with Crippen LogP contribution in [0.1, 0.15) is 0 Å². The van der Waals surface area contributed by atoms with Gasteiger partial charge in [0.25, 0.3) is 0 Å². The molecule has 2 heteroatoms. The van der Waals surface area contributed by atoms with Crippen LogP contribution in [0.2, 0.25) is 0 Å². The molecule has 2 nitrogen and oxygen atoms in total. The Hall–Kier alpha value is -6.38. The van der Waals surface area contributed by atoms with Crippen molar-refractivity contribution < 1.29 is 8.83 Å². The van der Waals surface area contributed by atoms with Gasteiger partial charge in [-0.1, -0.05) is 152 Å². The predicted octanol–water partition coefficient (Wildman–Crippen LogP) is 13.3. The van der Waals surface area contributed by atoms with Crippen molar-refractivity contribution in [3.63, 3.8) is 0 Å². The minimum absolute atomic E-state index is 0.830. The van der Waals surface area contributed by atoms with E-state index in [1.807, 2.05) is 12.1 Å². The van der Waals surface area contributed by atoms with Crippen molar-refractivity contribution in [1.29, 1.82) is 0 Å². The van der Waals surface area contributed by atoms with E-state index in [1.165, 1.54) is 43.8 Å². The highest BCUT2D eigenvalue weighted by Gasteiger charge is 2.22. The van der Waals surface area contributed by atoms with Gasteiger partial charge in [-0.3, -0.25) is 0 Å². The molecule has 8 aromatic carbocycles. The van der Waals surface area contributed by atoms with Crippen molar-refractivity contribution >= 4 is 54.5 Å². The van der Waals surface area contributed by atoms with E-state index in [4.69, 9.17) is 8.83 Å². The average molecular weight is 613 g/mol. The quantitative estimate of drug-likeness (QED) is 0.185. The van der Waals surface area contributed by atoms with Gasteiger partial charge < -0.3 is 8.83 Å². The summed E-state index contributed by atoms with van der Waals surface area (Å²) in [6, 6.07) is 60.2. The van der Waals surface area contributed by atoms with Crippen LogP contribution in [0, 0.1) is 0 Å². The first-order chi connectivity index (χ1) is 23.8. The Bertz CT molecular complexity index is 2750. The van der Waals surface area contributed by atoms with Crippen LogP contribution in [0.3, 0.4) is 0 Å². The highest BCUT2D eigenvalue weighted by atomic mass is 16.3. The first-order valence-electron chi connectivity index (χ1n) is 16.4. The lowest BCUT2D eigenvalue weighted by atomic mass is 9.86. The molecule has 0 aliphatic carbocycles. The Morgan fingerprint density at radius 2 is 0.729 bits per heavy atom. The number of benzene rings is 8. The molecule has 48 heavy (non-hydrogen) atoms. The number of para-hydroxylation sites is 1. The first kappa shape index (κ1) is 26.8. The summed E-state index contributed by atoms with van der Waals surface area (Å²) in [7, 11) is 0. The summed E-state index contributed by atoms with van der Waals surface area (Å²) < 4.78 is 13.1. The molecule has 0 N–H and O–H groups in total. The summed E-state index contributed by atoms with van der Waals surface area (Å²) in [5.41, 5.74) is 10.7. The van der Waals surface area contributed by atoms with Crippen LogP contribution >= 0.6 is 0 Å². The van der Waals surface area contributed by atoms with Crippen molar-refractivity contribution in [2.24, 2.45) is 0 Å². The maximum Gasteiger partial charge on any atom is 0.147 e. The summed E-state index contributed by atoms with van der Waals surface area (Å²) in [4.78, 5) is 0. The lowest BCUT2D eigenvalue weighted by molar-refractivity contribution is 0.634. The van der Waals surface area contributed by atoms with Gasteiger partial charge >= 0.3 is 0 Å². The van der Waals surface area contributed by atoms with Crippen molar-refractivity contribution in [3.05, 3.63) is 170 Å².